The summed E-state index contributed by atoms with van der Waals surface area (Å²) in [6, 6.07) is 9.25. The quantitative estimate of drug-likeness (QED) is 0.683. The number of nitrogen functional groups attached to an aromatic ring is 1. The Bertz CT molecular complexity index is 590. The van der Waals surface area contributed by atoms with Gasteiger partial charge in [0.05, 0.1) is 12.8 Å². The number of anilines is 1. The first-order chi connectivity index (χ1) is 9.10. The van der Waals surface area contributed by atoms with Crippen molar-refractivity contribution in [2.45, 2.75) is 10.6 Å². The second kappa shape index (κ2) is 5.93. The number of ether oxygens (including phenoxy) is 1. The largest absolute Gasteiger partial charge is 0.497 e. The molecule has 19 heavy (non-hydrogen) atoms. The van der Waals surface area contributed by atoms with Gasteiger partial charge in [0, 0.05) is 16.7 Å². The molecule has 2 N–H and O–H groups in total. The van der Waals surface area contributed by atoms with Gasteiger partial charge in [0.1, 0.15) is 17.4 Å². The third kappa shape index (κ3) is 3.38. The highest BCUT2D eigenvalue weighted by Crippen LogP contribution is 2.27. The Morgan fingerprint density at radius 3 is 2.53 bits per heavy atom. The summed E-state index contributed by atoms with van der Waals surface area (Å²) >= 11 is 1.35. The topological polar surface area (TPSA) is 35.2 Å². The van der Waals surface area contributed by atoms with Gasteiger partial charge < -0.3 is 10.5 Å². The van der Waals surface area contributed by atoms with Crippen LogP contribution in [0.4, 0.5) is 14.5 Å². The average Bonchev–Trinajstić information content (AvgIpc) is 2.41. The molecule has 0 radical (unpaired) electrons. The molecule has 0 aromatic heterocycles. The summed E-state index contributed by atoms with van der Waals surface area (Å²) in [5.41, 5.74) is 6.05. The van der Waals surface area contributed by atoms with Crippen molar-refractivity contribution < 1.29 is 13.5 Å². The van der Waals surface area contributed by atoms with Gasteiger partial charge in [-0.05, 0) is 29.8 Å². The molecule has 2 aromatic carbocycles. The van der Waals surface area contributed by atoms with Crippen LogP contribution in [0, 0.1) is 11.6 Å². The lowest BCUT2D eigenvalue weighted by Crippen LogP contribution is -1.92. The van der Waals surface area contributed by atoms with Crippen LogP contribution in [0.15, 0.2) is 41.3 Å². The molecule has 0 bridgehead atoms. The first-order valence-electron chi connectivity index (χ1n) is 5.60. The van der Waals surface area contributed by atoms with Gasteiger partial charge in [0.15, 0.2) is 0 Å². The summed E-state index contributed by atoms with van der Waals surface area (Å²) in [5, 5.41) is 0. The van der Waals surface area contributed by atoms with Gasteiger partial charge in [-0.15, -0.1) is 11.8 Å². The summed E-state index contributed by atoms with van der Waals surface area (Å²) in [6.07, 6.45) is 0. The fourth-order valence-corrected chi connectivity index (χ4v) is 2.44. The van der Waals surface area contributed by atoms with Crippen molar-refractivity contribution in [3.8, 4) is 5.75 Å². The molecule has 0 aliphatic heterocycles. The van der Waals surface area contributed by atoms with E-state index in [2.05, 4.69) is 0 Å². The summed E-state index contributed by atoms with van der Waals surface area (Å²) in [4.78, 5) is 0.710. The lowest BCUT2D eigenvalue weighted by atomic mass is 10.2. The first-order valence-corrected chi connectivity index (χ1v) is 6.59. The molecule has 0 saturated carbocycles. The van der Waals surface area contributed by atoms with Crippen molar-refractivity contribution in [3.05, 3.63) is 53.6 Å². The highest BCUT2D eigenvalue weighted by Gasteiger charge is 2.06. The van der Waals surface area contributed by atoms with E-state index >= 15 is 0 Å². The van der Waals surface area contributed by atoms with Gasteiger partial charge >= 0.3 is 0 Å². The highest BCUT2D eigenvalue weighted by atomic mass is 32.2. The maximum Gasteiger partial charge on any atom is 0.147 e. The average molecular weight is 281 g/mol. The number of methoxy groups -OCH3 is 1. The van der Waals surface area contributed by atoms with Crippen LogP contribution in [0.3, 0.4) is 0 Å². The van der Waals surface area contributed by atoms with E-state index in [1.807, 2.05) is 0 Å². The minimum absolute atomic E-state index is 0.111. The molecule has 2 nitrogen and oxygen atoms in total. The van der Waals surface area contributed by atoms with Crippen molar-refractivity contribution in [3.63, 3.8) is 0 Å². The first kappa shape index (κ1) is 13.7. The molecule has 0 spiro atoms. The molecule has 0 aliphatic carbocycles. The van der Waals surface area contributed by atoms with E-state index in [1.165, 1.54) is 37.1 Å². The van der Waals surface area contributed by atoms with E-state index in [4.69, 9.17) is 10.5 Å². The Labute approximate surface area is 114 Å². The van der Waals surface area contributed by atoms with Gasteiger partial charge in [-0.2, -0.15) is 0 Å². The lowest BCUT2D eigenvalue weighted by Gasteiger charge is -2.06. The molecule has 100 valence electrons. The zero-order valence-corrected chi connectivity index (χ0v) is 11.1. The fraction of sp³-hybridized carbons (Fsp3) is 0.143. The monoisotopic (exact) mass is 281 g/mol. The molecular weight excluding hydrogens is 268 g/mol. The summed E-state index contributed by atoms with van der Waals surface area (Å²) in [5.74, 6) is 0.104. The normalized spacial score (nSPS) is 10.5. The van der Waals surface area contributed by atoms with Crippen molar-refractivity contribution in [2.24, 2.45) is 0 Å². The lowest BCUT2D eigenvalue weighted by molar-refractivity contribution is 0.411. The Balaban J connectivity index is 2.07. The Kier molecular flexibility index (Phi) is 4.27. The van der Waals surface area contributed by atoms with E-state index in [9.17, 15) is 8.78 Å². The number of benzene rings is 2. The summed E-state index contributed by atoms with van der Waals surface area (Å²) in [7, 11) is 1.49. The number of hydrogen-bond acceptors (Lipinski definition) is 3. The van der Waals surface area contributed by atoms with Crippen LogP contribution in [-0.2, 0) is 5.75 Å². The van der Waals surface area contributed by atoms with Gasteiger partial charge in [-0.25, -0.2) is 8.78 Å². The van der Waals surface area contributed by atoms with Crippen LogP contribution >= 0.6 is 11.8 Å². The van der Waals surface area contributed by atoms with Gasteiger partial charge in [-0.1, -0.05) is 6.07 Å². The predicted octanol–water partition coefficient (Wildman–Crippen LogP) is 3.85. The van der Waals surface area contributed by atoms with Gasteiger partial charge in [0.25, 0.3) is 0 Å². The number of halogens is 2. The van der Waals surface area contributed by atoms with Crippen molar-refractivity contribution in [1.29, 1.82) is 0 Å². The van der Waals surface area contributed by atoms with Crippen LogP contribution in [0.2, 0.25) is 0 Å². The van der Waals surface area contributed by atoms with Crippen LogP contribution in [0.5, 0.6) is 5.75 Å². The van der Waals surface area contributed by atoms with Crippen LogP contribution in [-0.4, -0.2) is 7.11 Å². The molecule has 2 aromatic rings. The smallest absolute Gasteiger partial charge is 0.147 e. The molecule has 0 fully saturated rings. The Morgan fingerprint density at radius 2 is 1.89 bits per heavy atom. The van der Waals surface area contributed by atoms with Crippen LogP contribution < -0.4 is 10.5 Å². The third-order valence-electron chi connectivity index (χ3n) is 2.63. The summed E-state index contributed by atoms with van der Waals surface area (Å²) < 4.78 is 31.9. The molecular formula is C14H13F2NOS. The van der Waals surface area contributed by atoms with Gasteiger partial charge in [-0.3, -0.25) is 0 Å². The second-order valence-electron chi connectivity index (χ2n) is 3.93. The van der Waals surface area contributed by atoms with Crippen molar-refractivity contribution in [1.82, 2.24) is 0 Å². The zero-order chi connectivity index (χ0) is 13.8. The van der Waals surface area contributed by atoms with Crippen LogP contribution in [0.25, 0.3) is 0 Å². The molecule has 0 saturated heterocycles. The van der Waals surface area contributed by atoms with E-state index < -0.39 is 5.82 Å². The minimum Gasteiger partial charge on any atom is -0.497 e. The summed E-state index contributed by atoms with van der Waals surface area (Å²) in [6.45, 7) is 0. The number of rotatable bonds is 4. The van der Waals surface area contributed by atoms with Crippen molar-refractivity contribution in [2.75, 3.05) is 12.8 Å². The van der Waals surface area contributed by atoms with Crippen molar-refractivity contribution >= 4 is 17.4 Å². The van der Waals surface area contributed by atoms with E-state index in [0.29, 0.717) is 22.0 Å². The number of thioether (sulfide) groups is 1. The second-order valence-corrected chi connectivity index (χ2v) is 4.98. The standard InChI is InChI=1S/C14H13F2NOS/c1-18-10-3-2-9(12(15)6-10)8-19-11-4-5-14(17)13(16)7-11/h2-7H,8,17H2,1H3. The van der Waals surface area contributed by atoms with E-state index in [1.54, 1.807) is 18.2 Å². The SMILES string of the molecule is COc1ccc(CSc2ccc(N)c(F)c2)c(F)c1. The predicted molar refractivity (Wildman–Crippen MR) is 73.3 cm³/mol. The number of hydrogen-bond donors (Lipinski definition) is 1. The molecule has 0 amide bonds. The minimum atomic E-state index is -0.458. The molecule has 2 rings (SSSR count). The maximum absolute atomic E-state index is 13.7. The molecule has 0 heterocycles. The van der Waals surface area contributed by atoms with E-state index in [0.717, 1.165) is 0 Å². The Hall–Kier alpha value is -1.75. The highest BCUT2D eigenvalue weighted by molar-refractivity contribution is 7.98. The molecule has 5 heteroatoms. The molecule has 0 atom stereocenters. The van der Waals surface area contributed by atoms with Crippen LogP contribution in [0.1, 0.15) is 5.56 Å². The maximum atomic E-state index is 13.7. The molecule has 0 aliphatic rings. The molecule has 0 unspecified atom stereocenters. The Morgan fingerprint density at radius 1 is 1.11 bits per heavy atom. The zero-order valence-electron chi connectivity index (χ0n) is 10.3. The van der Waals surface area contributed by atoms with Gasteiger partial charge in [0.2, 0.25) is 0 Å². The third-order valence-corrected chi connectivity index (χ3v) is 3.67. The number of nitrogens with two attached hydrogens (primary N) is 1. The fourth-order valence-electron chi connectivity index (χ4n) is 1.53. The van der Waals surface area contributed by atoms with E-state index in [-0.39, 0.29) is 11.5 Å².